The molecule has 1 aliphatic rings. The molecule has 1 heterocycles. The summed E-state index contributed by atoms with van der Waals surface area (Å²) in [5.41, 5.74) is 0.585. The minimum Gasteiger partial charge on any atom is -0.388 e. The van der Waals surface area contributed by atoms with Gasteiger partial charge >= 0.3 is 0 Å². The minimum absolute atomic E-state index is 0.146. The molecule has 1 aromatic carbocycles. The van der Waals surface area contributed by atoms with Crippen LogP contribution in [0.3, 0.4) is 0 Å². The van der Waals surface area contributed by atoms with Crippen LogP contribution in [0.4, 0.5) is 0 Å². The molecule has 86 valence electrons. The van der Waals surface area contributed by atoms with E-state index < -0.39 is 12.2 Å². The van der Waals surface area contributed by atoms with E-state index in [1.54, 1.807) is 12.1 Å². The average Bonchev–Trinajstić information content (AvgIpc) is 2.59. The Kier molecular flexibility index (Phi) is 3.46. The van der Waals surface area contributed by atoms with Crippen LogP contribution in [0.5, 0.6) is 0 Å². The number of β-amino-alcohol motifs (C(OH)–C–C–N with tert-alkyl or cyclic N) is 2. The number of amides is 1. The normalized spacial score (nSPS) is 24.8. The molecule has 2 rings (SSSR count). The SMILES string of the molecule is O=C(c1ccc(I)cc1)N1CC(O)C(O)C1. The maximum atomic E-state index is 12.0. The maximum absolute atomic E-state index is 12.0. The van der Waals surface area contributed by atoms with E-state index in [0.29, 0.717) is 5.56 Å². The van der Waals surface area contributed by atoms with Crippen LogP contribution in [-0.4, -0.2) is 46.3 Å². The van der Waals surface area contributed by atoms with E-state index >= 15 is 0 Å². The molecule has 2 atom stereocenters. The summed E-state index contributed by atoms with van der Waals surface area (Å²) >= 11 is 2.17. The first-order valence-corrected chi connectivity index (χ1v) is 6.07. The van der Waals surface area contributed by atoms with Crippen molar-refractivity contribution in [1.82, 2.24) is 4.90 Å². The van der Waals surface area contributed by atoms with Crippen LogP contribution in [0.15, 0.2) is 24.3 Å². The van der Waals surface area contributed by atoms with Gasteiger partial charge in [0.05, 0.1) is 12.2 Å². The molecule has 2 N–H and O–H groups in total. The highest BCUT2D eigenvalue weighted by molar-refractivity contribution is 14.1. The lowest BCUT2D eigenvalue weighted by atomic mass is 10.2. The second-order valence-corrected chi connectivity index (χ2v) is 5.10. The molecule has 0 aliphatic carbocycles. The third-order valence-electron chi connectivity index (χ3n) is 2.64. The van der Waals surface area contributed by atoms with Crippen molar-refractivity contribution in [2.45, 2.75) is 12.2 Å². The number of aliphatic hydroxyl groups excluding tert-OH is 2. The molecule has 0 spiro atoms. The molecule has 0 radical (unpaired) electrons. The summed E-state index contributed by atoms with van der Waals surface area (Å²) in [6.07, 6.45) is -1.65. The Labute approximate surface area is 107 Å². The van der Waals surface area contributed by atoms with Crippen LogP contribution in [0.1, 0.15) is 10.4 Å². The highest BCUT2D eigenvalue weighted by Gasteiger charge is 2.32. The minimum atomic E-state index is -0.826. The van der Waals surface area contributed by atoms with Gasteiger partial charge in [0.15, 0.2) is 0 Å². The number of rotatable bonds is 1. The summed E-state index contributed by atoms with van der Waals surface area (Å²) in [6, 6.07) is 7.22. The standard InChI is InChI=1S/C11H12INO3/c12-8-3-1-7(2-4-8)11(16)13-5-9(14)10(15)6-13/h1-4,9-10,14-15H,5-6H2. The van der Waals surface area contributed by atoms with Crippen LogP contribution in [0.25, 0.3) is 0 Å². The first-order chi connectivity index (χ1) is 7.58. The van der Waals surface area contributed by atoms with E-state index in [2.05, 4.69) is 22.6 Å². The zero-order chi connectivity index (χ0) is 11.7. The lowest BCUT2D eigenvalue weighted by Crippen LogP contribution is -2.29. The molecule has 1 saturated heterocycles. The lowest BCUT2D eigenvalue weighted by molar-refractivity contribution is 0.0572. The van der Waals surface area contributed by atoms with Gasteiger partial charge in [-0.05, 0) is 46.9 Å². The number of nitrogens with zero attached hydrogens (tertiary/aromatic N) is 1. The van der Waals surface area contributed by atoms with Crippen molar-refractivity contribution in [2.75, 3.05) is 13.1 Å². The molecule has 5 heteroatoms. The second-order valence-electron chi connectivity index (χ2n) is 3.85. The van der Waals surface area contributed by atoms with Crippen molar-refractivity contribution in [2.24, 2.45) is 0 Å². The summed E-state index contributed by atoms with van der Waals surface area (Å²) in [5, 5.41) is 18.7. The fourth-order valence-corrected chi connectivity index (χ4v) is 2.07. The molecule has 4 nitrogen and oxygen atoms in total. The van der Waals surface area contributed by atoms with Crippen molar-refractivity contribution < 1.29 is 15.0 Å². The Morgan fingerprint density at radius 3 is 2.19 bits per heavy atom. The van der Waals surface area contributed by atoms with Gasteiger partial charge in [0, 0.05) is 22.2 Å². The van der Waals surface area contributed by atoms with Gasteiger partial charge in [0.25, 0.3) is 5.91 Å². The van der Waals surface area contributed by atoms with Gasteiger partial charge in [-0.1, -0.05) is 0 Å². The van der Waals surface area contributed by atoms with Crippen molar-refractivity contribution in [3.63, 3.8) is 0 Å². The van der Waals surface area contributed by atoms with E-state index in [4.69, 9.17) is 0 Å². The largest absolute Gasteiger partial charge is 0.388 e. The zero-order valence-corrected chi connectivity index (χ0v) is 10.7. The fraction of sp³-hybridized carbons (Fsp3) is 0.364. The third-order valence-corrected chi connectivity index (χ3v) is 3.36. The smallest absolute Gasteiger partial charge is 0.254 e. The quantitative estimate of drug-likeness (QED) is 0.735. The molecule has 1 aromatic rings. The molecule has 2 unspecified atom stereocenters. The van der Waals surface area contributed by atoms with Crippen molar-refractivity contribution in [1.29, 1.82) is 0 Å². The van der Waals surface area contributed by atoms with Gasteiger partial charge in [0.2, 0.25) is 0 Å². The number of hydrogen-bond acceptors (Lipinski definition) is 3. The molecule has 0 aromatic heterocycles. The Hall–Kier alpha value is -0.660. The molecule has 0 saturated carbocycles. The van der Waals surface area contributed by atoms with E-state index in [0.717, 1.165) is 3.57 Å². The predicted octanol–water partition coefficient (Wildman–Crippen LogP) is 0.469. The van der Waals surface area contributed by atoms with E-state index in [-0.39, 0.29) is 19.0 Å². The first kappa shape index (κ1) is 11.8. The molecular weight excluding hydrogens is 321 g/mol. The molecule has 1 amide bonds. The summed E-state index contributed by atoms with van der Waals surface area (Å²) in [6.45, 7) is 0.401. The molecule has 1 fully saturated rings. The summed E-state index contributed by atoms with van der Waals surface area (Å²) in [4.78, 5) is 13.4. The van der Waals surface area contributed by atoms with E-state index in [1.807, 2.05) is 12.1 Å². The Balaban J connectivity index is 2.11. The van der Waals surface area contributed by atoms with Gasteiger partial charge < -0.3 is 15.1 Å². The Morgan fingerprint density at radius 2 is 1.69 bits per heavy atom. The predicted molar refractivity (Wildman–Crippen MR) is 67.1 cm³/mol. The Morgan fingerprint density at radius 1 is 1.19 bits per heavy atom. The van der Waals surface area contributed by atoms with Crippen molar-refractivity contribution in [3.05, 3.63) is 33.4 Å². The number of carbonyl (C=O) groups excluding carboxylic acids is 1. The topological polar surface area (TPSA) is 60.8 Å². The molecule has 16 heavy (non-hydrogen) atoms. The van der Waals surface area contributed by atoms with E-state index in [9.17, 15) is 15.0 Å². The van der Waals surface area contributed by atoms with Gasteiger partial charge in [-0.25, -0.2) is 0 Å². The third kappa shape index (κ3) is 2.36. The van der Waals surface area contributed by atoms with Crippen LogP contribution >= 0.6 is 22.6 Å². The zero-order valence-electron chi connectivity index (χ0n) is 8.51. The van der Waals surface area contributed by atoms with Crippen LogP contribution in [-0.2, 0) is 0 Å². The van der Waals surface area contributed by atoms with Crippen LogP contribution in [0, 0.1) is 3.57 Å². The monoisotopic (exact) mass is 333 g/mol. The fourth-order valence-electron chi connectivity index (χ4n) is 1.71. The van der Waals surface area contributed by atoms with Gasteiger partial charge in [-0.2, -0.15) is 0 Å². The van der Waals surface area contributed by atoms with Crippen LogP contribution in [0.2, 0.25) is 0 Å². The second kappa shape index (κ2) is 4.68. The summed E-state index contributed by atoms with van der Waals surface area (Å²) in [5.74, 6) is -0.146. The van der Waals surface area contributed by atoms with Crippen LogP contribution < -0.4 is 0 Å². The van der Waals surface area contributed by atoms with Gasteiger partial charge in [0.1, 0.15) is 0 Å². The number of halogens is 1. The number of benzene rings is 1. The number of hydrogen-bond donors (Lipinski definition) is 2. The summed E-state index contributed by atoms with van der Waals surface area (Å²) in [7, 11) is 0. The number of likely N-dealkylation sites (tertiary alicyclic amines) is 1. The van der Waals surface area contributed by atoms with Crippen molar-refractivity contribution >= 4 is 28.5 Å². The van der Waals surface area contributed by atoms with Gasteiger partial charge in [-0.15, -0.1) is 0 Å². The number of carbonyl (C=O) groups is 1. The molecule has 0 bridgehead atoms. The van der Waals surface area contributed by atoms with Crippen molar-refractivity contribution in [3.8, 4) is 0 Å². The summed E-state index contributed by atoms with van der Waals surface area (Å²) < 4.78 is 1.07. The molecular formula is C11H12INO3. The average molecular weight is 333 g/mol. The Bertz CT molecular complexity index is 383. The molecule has 1 aliphatic heterocycles. The van der Waals surface area contributed by atoms with Gasteiger partial charge in [-0.3, -0.25) is 4.79 Å². The first-order valence-electron chi connectivity index (χ1n) is 4.99. The maximum Gasteiger partial charge on any atom is 0.254 e. The lowest BCUT2D eigenvalue weighted by Gasteiger charge is -2.15. The van der Waals surface area contributed by atoms with E-state index in [1.165, 1.54) is 4.90 Å². The highest BCUT2D eigenvalue weighted by Crippen LogP contribution is 2.15. The highest BCUT2D eigenvalue weighted by atomic mass is 127. The number of aliphatic hydroxyl groups is 2.